The summed E-state index contributed by atoms with van der Waals surface area (Å²) >= 11 is 0. The Kier molecular flexibility index (Phi) is 3.86. The normalized spacial score (nSPS) is 11.7. The molecule has 0 aliphatic rings. The first kappa shape index (κ1) is 15.6. The molecule has 0 unspecified atom stereocenters. The predicted octanol–water partition coefficient (Wildman–Crippen LogP) is 3.92. The van der Waals surface area contributed by atoms with Crippen LogP contribution in [0.3, 0.4) is 0 Å². The molecular weight excluding hydrogens is 332 g/mol. The van der Waals surface area contributed by atoms with E-state index in [2.05, 4.69) is 9.55 Å². The molecule has 0 aliphatic heterocycles. The summed E-state index contributed by atoms with van der Waals surface area (Å²) in [5.74, 6) is 0. The number of rotatable bonds is 4. The Morgan fingerprint density at radius 1 is 0.800 bits per heavy atom. The third kappa shape index (κ3) is 2.94. The zero-order valence-electron chi connectivity index (χ0n) is 13.4. The molecule has 0 bridgehead atoms. The molecule has 0 saturated carbocycles. The lowest BCUT2D eigenvalue weighted by atomic mass is 10.2. The molecule has 4 rings (SSSR count). The van der Waals surface area contributed by atoms with Crippen LogP contribution in [0.2, 0.25) is 0 Å². The second-order valence-corrected chi connectivity index (χ2v) is 7.77. The van der Waals surface area contributed by atoms with Crippen molar-refractivity contribution in [2.45, 2.75) is 16.3 Å². The first-order valence-electron chi connectivity index (χ1n) is 7.93. The van der Waals surface area contributed by atoms with Crippen molar-refractivity contribution >= 4 is 20.9 Å². The van der Waals surface area contributed by atoms with Gasteiger partial charge in [0.15, 0.2) is 0 Å². The number of fused-ring (bicyclic) bond motifs is 1. The quantitative estimate of drug-likeness (QED) is 0.562. The van der Waals surface area contributed by atoms with Gasteiger partial charge in [-0.3, -0.25) is 0 Å². The van der Waals surface area contributed by atoms with Crippen molar-refractivity contribution in [2.75, 3.05) is 0 Å². The lowest BCUT2D eigenvalue weighted by molar-refractivity contribution is 0.596. The Hall–Kier alpha value is -2.92. The topological polar surface area (TPSA) is 52.0 Å². The molecule has 124 valence electrons. The van der Waals surface area contributed by atoms with Gasteiger partial charge in [-0.2, -0.15) is 0 Å². The minimum atomic E-state index is -3.47. The first-order valence-corrected chi connectivity index (χ1v) is 9.42. The number of benzene rings is 2. The Morgan fingerprint density at radius 2 is 1.52 bits per heavy atom. The summed E-state index contributed by atoms with van der Waals surface area (Å²) in [7, 11) is -3.47. The van der Waals surface area contributed by atoms with Gasteiger partial charge in [0.1, 0.15) is 5.65 Å². The van der Waals surface area contributed by atoms with Gasteiger partial charge in [-0.1, -0.05) is 30.3 Å². The Balaban J connectivity index is 1.62. The van der Waals surface area contributed by atoms with Crippen molar-refractivity contribution in [3.63, 3.8) is 0 Å². The van der Waals surface area contributed by atoms with Crippen molar-refractivity contribution in [1.29, 1.82) is 0 Å². The van der Waals surface area contributed by atoms with Crippen molar-refractivity contribution in [1.82, 2.24) is 9.55 Å². The molecule has 2 aromatic carbocycles. The largest absolute Gasteiger partial charge is 0.328 e. The van der Waals surface area contributed by atoms with Gasteiger partial charge in [-0.05, 0) is 48.0 Å². The molecule has 2 heterocycles. The van der Waals surface area contributed by atoms with Crippen LogP contribution in [-0.2, 0) is 16.4 Å². The van der Waals surface area contributed by atoms with Gasteiger partial charge >= 0.3 is 0 Å². The van der Waals surface area contributed by atoms with Crippen LogP contribution in [0.15, 0.2) is 95.0 Å². The SMILES string of the molecule is O=S(=O)(c1ccccc1)c1ccc(Cn2ccc3cccnc32)cc1. The van der Waals surface area contributed by atoms with Crippen LogP contribution in [0.1, 0.15) is 5.56 Å². The number of sulfone groups is 1. The van der Waals surface area contributed by atoms with Crippen LogP contribution in [0, 0.1) is 0 Å². The molecule has 0 saturated heterocycles. The number of pyridine rings is 1. The Morgan fingerprint density at radius 3 is 2.28 bits per heavy atom. The van der Waals surface area contributed by atoms with Crippen LogP contribution in [-0.4, -0.2) is 18.0 Å². The third-order valence-electron chi connectivity index (χ3n) is 4.16. The maximum absolute atomic E-state index is 12.6. The zero-order chi connectivity index (χ0) is 17.3. The van der Waals surface area contributed by atoms with Crippen molar-refractivity contribution in [3.05, 3.63) is 90.8 Å². The zero-order valence-corrected chi connectivity index (χ0v) is 14.2. The maximum Gasteiger partial charge on any atom is 0.206 e. The van der Waals surface area contributed by atoms with E-state index >= 15 is 0 Å². The van der Waals surface area contributed by atoms with Gasteiger partial charge in [-0.25, -0.2) is 13.4 Å². The van der Waals surface area contributed by atoms with Gasteiger partial charge in [0, 0.05) is 24.3 Å². The Bertz CT molecular complexity index is 1120. The van der Waals surface area contributed by atoms with Gasteiger partial charge in [0.2, 0.25) is 9.84 Å². The standard InChI is InChI=1S/C20H16N2O2S/c23-25(24,18-6-2-1-3-7-18)19-10-8-16(9-11-19)15-22-14-12-17-5-4-13-21-20(17)22/h1-14H,15H2. The predicted molar refractivity (Wildman–Crippen MR) is 97.2 cm³/mol. The lowest BCUT2D eigenvalue weighted by Gasteiger charge is -2.08. The molecule has 0 aliphatic carbocycles. The number of aromatic nitrogens is 2. The van der Waals surface area contributed by atoms with Crippen LogP contribution < -0.4 is 0 Å². The molecular formula is C20H16N2O2S. The summed E-state index contributed by atoms with van der Waals surface area (Å²) in [6.45, 7) is 0.645. The molecule has 4 nitrogen and oxygen atoms in total. The molecule has 0 fully saturated rings. The van der Waals surface area contributed by atoms with Crippen LogP contribution in [0.4, 0.5) is 0 Å². The van der Waals surface area contributed by atoms with E-state index in [4.69, 9.17) is 0 Å². The second-order valence-electron chi connectivity index (χ2n) is 5.82. The van der Waals surface area contributed by atoms with Crippen molar-refractivity contribution in [3.8, 4) is 0 Å². The fraction of sp³-hybridized carbons (Fsp3) is 0.0500. The fourth-order valence-electron chi connectivity index (χ4n) is 2.85. The van der Waals surface area contributed by atoms with E-state index in [1.54, 1.807) is 48.7 Å². The summed E-state index contributed by atoms with van der Waals surface area (Å²) in [6.07, 6.45) is 3.76. The van der Waals surface area contributed by atoms with E-state index in [0.29, 0.717) is 16.3 Å². The van der Waals surface area contributed by atoms with E-state index < -0.39 is 9.84 Å². The average Bonchev–Trinajstić information content (AvgIpc) is 3.06. The third-order valence-corrected chi connectivity index (χ3v) is 5.95. The minimum Gasteiger partial charge on any atom is -0.328 e. The summed E-state index contributed by atoms with van der Waals surface area (Å²) in [4.78, 5) is 5.01. The van der Waals surface area contributed by atoms with E-state index in [9.17, 15) is 8.42 Å². The van der Waals surface area contributed by atoms with Crippen molar-refractivity contribution in [2.24, 2.45) is 0 Å². The average molecular weight is 348 g/mol. The van der Waals surface area contributed by atoms with E-state index in [1.807, 2.05) is 36.5 Å². The highest BCUT2D eigenvalue weighted by Crippen LogP contribution is 2.21. The molecule has 0 atom stereocenters. The van der Waals surface area contributed by atoms with E-state index in [0.717, 1.165) is 16.6 Å². The monoisotopic (exact) mass is 348 g/mol. The molecule has 5 heteroatoms. The summed E-state index contributed by atoms with van der Waals surface area (Å²) < 4.78 is 27.3. The van der Waals surface area contributed by atoms with E-state index in [-0.39, 0.29) is 0 Å². The molecule has 25 heavy (non-hydrogen) atoms. The smallest absolute Gasteiger partial charge is 0.206 e. The molecule has 4 aromatic rings. The van der Waals surface area contributed by atoms with Gasteiger partial charge in [-0.15, -0.1) is 0 Å². The van der Waals surface area contributed by atoms with Gasteiger partial charge < -0.3 is 4.57 Å². The maximum atomic E-state index is 12.6. The van der Waals surface area contributed by atoms with Crippen LogP contribution in [0.5, 0.6) is 0 Å². The molecule has 0 amide bonds. The molecule has 0 radical (unpaired) electrons. The summed E-state index contributed by atoms with van der Waals surface area (Å²) in [5.41, 5.74) is 1.94. The summed E-state index contributed by atoms with van der Waals surface area (Å²) in [5, 5.41) is 1.09. The summed E-state index contributed by atoms with van der Waals surface area (Å²) in [6, 6.07) is 21.5. The number of hydrogen-bond acceptors (Lipinski definition) is 3. The lowest BCUT2D eigenvalue weighted by Crippen LogP contribution is -2.03. The molecule has 0 N–H and O–H groups in total. The van der Waals surface area contributed by atoms with Crippen LogP contribution in [0.25, 0.3) is 11.0 Å². The van der Waals surface area contributed by atoms with Crippen molar-refractivity contribution < 1.29 is 8.42 Å². The first-order chi connectivity index (χ1) is 12.1. The van der Waals surface area contributed by atoms with Gasteiger partial charge in [0.25, 0.3) is 0 Å². The highest BCUT2D eigenvalue weighted by molar-refractivity contribution is 7.91. The number of nitrogens with zero attached hydrogens (tertiary/aromatic N) is 2. The fourth-order valence-corrected chi connectivity index (χ4v) is 4.14. The molecule has 0 spiro atoms. The second kappa shape index (κ2) is 6.18. The van der Waals surface area contributed by atoms with Crippen LogP contribution >= 0.6 is 0 Å². The molecule has 2 aromatic heterocycles. The van der Waals surface area contributed by atoms with Gasteiger partial charge in [0.05, 0.1) is 9.79 Å². The highest BCUT2D eigenvalue weighted by Gasteiger charge is 2.16. The minimum absolute atomic E-state index is 0.304. The number of hydrogen-bond donors (Lipinski definition) is 0. The Labute approximate surface area is 146 Å². The van der Waals surface area contributed by atoms with E-state index in [1.165, 1.54) is 0 Å². The highest BCUT2D eigenvalue weighted by atomic mass is 32.2.